The van der Waals surface area contributed by atoms with Crippen LogP contribution in [0.25, 0.3) is 0 Å². The second-order valence-electron chi connectivity index (χ2n) is 4.86. The highest BCUT2D eigenvalue weighted by atomic mass is 79.9. The van der Waals surface area contributed by atoms with Crippen molar-refractivity contribution in [3.05, 3.63) is 28.7 Å². The Morgan fingerprint density at radius 2 is 2.42 bits per heavy atom. The minimum Gasteiger partial charge on any atom is -0.480 e. The Labute approximate surface area is 126 Å². The van der Waals surface area contributed by atoms with Gasteiger partial charge in [-0.15, -0.1) is 11.8 Å². The van der Waals surface area contributed by atoms with Gasteiger partial charge in [-0.2, -0.15) is 0 Å². The molecule has 104 valence electrons. The summed E-state index contributed by atoms with van der Waals surface area (Å²) in [7, 11) is 0. The van der Waals surface area contributed by atoms with Crippen molar-refractivity contribution in [3.63, 3.8) is 0 Å². The SMILES string of the molecule is CCNC1(C(=O)O)CCC(Sc2cccc(Br)c2)C1. The molecule has 2 unspecified atom stereocenters. The zero-order valence-corrected chi connectivity index (χ0v) is 13.3. The van der Waals surface area contributed by atoms with Crippen LogP contribution in [0.4, 0.5) is 0 Å². The highest BCUT2D eigenvalue weighted by molar-refractivity contribution is 9.10. The monoisotopic (exact) mass is 343 g/mol. The molecule has 1 aliphatic rings. The van der Waals surface area contributed by atoms with E-state index in [1.165, 1.54) is 4.90 Å². The lowest BCUT2D eigenvalue weighted by Gasteiger charge is -2.25. The molecule has 0 bridgehead atoms. The van der Waals surface area contributed by atoms with Gasteiger partial charge in [0.15, 0.2) is 0 Å². The molecule has 0 aliphatic heterocycles. The van der Waals surface area contributed by atoms with Gasteiger partial charge in [0.2, 0.25) is 0 Å². The molecule has 2 atom stereocenters. The van der Waals surface area contributed by atoms with E-state index in [0.29, 0.717) is 24.6 Å². The fourth-order valence-corrected chi connectivity index (χ4v) is 4.49. The molecule has 0 spiro atoms. The zero-order valence-electron chi connectivity index (χ0n) is 10.9. The Morgan fingerprint density at radius 3 is 3.05 bits per heavy atom. The van der Waals surface area contributed by atoms with Gasteiger partial charge in [-0.1, -0.05) is 28.9 Å². The van der Waals surface area contributed by atoms with E-state index >= 15 is 0 Å². The average molecular weight is 344 g/mol. The molecular weight excluding hydrogens is 326 g/mol. The first-order valence-corrected chi connectivity index (χ1v) is 8.13. The van der Waals surface area contributed by atoms with E-state index < -0.39 is 11.5 Å². The van der Waals surface area contributed by atoms with Gasteiger partial charge in [-0.3, -0.25) is 4.79 Å². The predicted molar refractivity (Wildman–Crippen MR) is 81.7 cm³/mol. The highest BCUT2D eigenvalue weighted by Crippen LogP contribution is 2.40. The standard InChI is InChI=1S/C14H18BrNO2S/c1-2-16-14(13(17)18)7-6-12(9-14)19-11-5-3-4-10(15)8-11/h3-5,8,12,16H,2,6-7,9H2,1H3,(H,17,18). The van der Waals surface area contributed by atoms with E-state index in [4.69, 9.17) is 0 Å². The van der Waals surface area contributed by atoms with Crippen LogP contribution in [0.5, 0.6) is 0 Å². The Morgan fingerprint density at radius 1 is 1.63 bits per heavy atom. The lowest BCUT2D eigenvalue weighted by atomic mass is 9.98. The van der Waals surface area contributed by atoms with Crippen LogP contribution in [0.3, 0.4) is 0 Å². The summed E-state index contributed by atoms with van der Waals surface area (Å²) in [4.78, 5) is 12.7. The summed E-state index contributed by atoms with van der Waals surface area (Å²) in [6, 6.07) is 8.16. The number of aliphatic carboxylic acids is 1. The summed E-state index contributed by atoms with van der Waals surface area (Å²) in [6.07, 6.45) is 2.34. The number of hydrogen-bond donors (Lipinski definition) is 2. The number of carboxylic acids is 1. The topological polar surface area (TPSA) is 49.3 Å². The van der Waals surface area contributed by atoms with E-state index in [0.717, 1.165) is 10.9 Å². The number of halogens is 1. The van der Waals surface area contributed by atoms with E-state index in [1.54, 1.807) is 11.8 Å². The van der Waals surface area contributed by atoms with Crippen molar-refractivity contribution in [1.82, 2.24) is 5.32 Å². The Hall–Kier alpha value is -0.520. The number of carbonyl (C=O) groups is 1. The molecule has 0 aromatic heterocycles. The Balaban J connectivity index is 2.03. The molecule has 0 amide bonds. The molecule has 2 N–H and O–H groups in total. The van der Waals surface area contributed by atoms with E-state index in [-0.39, 0.29) is 0 Å². The number of hydrogen-bond acceptors (Lipinski definition) is 3. The predicted octanol–water partition coefficient (Wildman–Crippen LogP) is 3.53. The van der Waals surface area contributed by atoms with Crippen molar-refractivity contribution < 1.29 is 9.90 Å². The molecule has 1 aromatic carbocycles. The van der Waals surface area contributed by atoms with Gasteiger partial charge in [0, 0.05) is 14.6 Å². The van der Waals surface area contributed by atoms with Gasteiger partial charge in [-0.05, 0) is 44.0 Å². The lowest BCUT2D eigenvalue weighted by molar-refractivity contribution is -0.144. The van der Waals surface area contributed by atoms with Gasteiger partial charge in [0.25, 0.3) is 0 Å². The van der Waals surface area contributed by atoms with Crippen molar-refractivity contribution in [3.8, 4) is 0 Å². The quantitative estimate of drug-likeness (QED) is 0.858. The molecule has 1 saturated carbocycles. The van der Waals surface area contributed by atoms with Gasteiger partial charge in [-0.25, -0.2) is 0 Å². The van der Waals surface area contributed by atoms with Crippen LogP contribution in [0.15, 0.2) is 33.6 Å². The molecule has 1 aliphatic carbocycles. The summed E-state index contributed by atoms with van der Waals surface area (Å²) in [5.74, 6) is -0.716. The number of rotatable bonds is 5. The smallest absolute Gasteiger partial charge is 0.323 e. The van der Waals surface area contributed by atoms with Crippen LogP contribution in [-0.4, -0.2) is 28.4 Å². The number of likely N-dealkylation sites (N-methyl/N-ethyl adjacent to an activating group) is 1. The summed E-state index contributed by atoms with van der Waals surface area (Å²) in [5.41, 5.74) is -0.724. The summed E-state index contributed by atoms with van der Waals surface area (Å²) < 4.78 is 1.06. The van der Waals surface area contributed by atoms with Crippen molar-refractivity contribution >= 4 is 33.7 Å². The lowest BCUT2D eigenvalue weighted by Crippen LogP contribution is -2.50. The Kier molecular flexibility index (Phi) is 4.92. The molecule has 0 radical (unpaired) electrons. The molecule has 1 fully saturated rings. The third-order valence-electron chi connectivity index (χ3n) is 3.49. The maximum atomic E-state index is 11.5. The third kappa shape index (κ3) is 3.52. The summed E-state index contributed by atoms with van der Waals surface area (Å²) in [5, 5.41) is 13.0. The molecule has 5 heteroatoms. The average Bonchev–Trinajstić information content (AvgIpc) is 2.74. The molecule has 2 rings (SSSR count). The van der Waals surface area contributed by atoms with Crippen LogP contribution < -0.4 is 5.32 Å². The second kappa shape index (κ2) is 6.29. The van der Waals surface area contributed by atoms with Crippen LogP contribution in [0, 0.1) is 0 Å². The van der Waals surface area contributed by atoms with Gasteiger partial charge in [0.1, 0.15) is 5.54 Å². The van der Waals surface area contributed by atoms with Crippen molar-refractivity contribution in [2.24, 2.45) is 0 Å². The van der Waals surface area contributed by atoms with E-state index in [2.05, 4.69) is 33.4 Å². The molecular formula is C14H18BrNO2S. The van der Waals surface area contributed by atoms with Crippen LogP contribution >= 0.6 is 27.7 Å². The van der Waals surface area contributed by atoms with Crippen molar-refractivity contribution in [2.75, 3.05) is 6.54 Å². The first kappa shape index (κ1) is 14.9. The van der Waals surface area contributed by atoms with Crippen LogP contribution in [0.1, 0.15) is 26.2 Å². The summed E-state index contributed by atoms with van der Waals surface area (Å²) >= 11 is 5.24. The molecule has 19 heavy (non-hydrogen) atoms. The summed E-state index contributed by atoms with van der Waals surface area (Å²) in [6.45, 7) is 2.65. The molecule has 3 nitrogen and oxygen atoms in total. The van der Waals surface area contributed by atoms with Crippen LogP contribution in [0.2, 0.25) is 0 Å². The highest BCUT2D eigenvalue weighted by Gasteiger charge is 2.45. The van der Waals surface area contributed by atoms with Crippen molar-refractivity contribution in [1.29, 1.82) is 0 Å². The first-order chi connectivity index (χ1) is 9.05. The third-order valence-corrected chi connectivity index (χ3v) is 5.25. The zero-order chi connectivity index (χ0) is 13.9. The maximum absolute atomic E-state index is 11.5. The maximum Gasteiger partial charge on any atom is 0.323 e. The molecule has 1 aromatic rings. The Bertz CT molecular complexity index is 469. The fourth-order valence-electron chi connectivity index (χ4n) is 2.60. The van der Waals surface area contributed by atoms with Gasteiger partial charge < -0.3 is 10.4 Å². The molecule has 0 saturated heterocycles. The van der Waals surface area contributed by atoms with Gasteiger partial charge in [0.05, 0.1) is 0 Å². The molecule has 0 heterocycles. The first-order valence-electron chi connectivity index (χ1n) is 6.46. The second-order valence-corrected chi connectivity index (χ2v) is 7.15. The number of thioether (sulfide) groups is 1. The van der Waals surface area contributed by atoms with E-state index in [9.17, 15) is 9.90 Å². The minimum atomic E-state index is -0.724. The number of benzene rings is 1. The van der Waals surface area contributed by atoms with Crippen molar-refractivity contribution in [2.45, 2.75) is 41.9 Å². The number of nitrogens with one attached hydrogen (secondary N) is 1. The minimum absolute atomic E-state index is 0.365. The largest absolute Gasteiger partial charge is 0.480 e. The number of carboxylic acid groups (broad SMARTS) is 1. The van der Waals surface area contributed by atoms with E-state index in [1.807, 2.05) is 19.1 Å². The van der Waals surface area contributed by atoms with Gasteiger partial charge >= 0.3 is 5.97 Å². The normalized spacial score (nSPS) is 26.5. The van der Waals surface area contributed by atoms with Crippen LogP contribution in [-0.2, 0) is 4.79 Å². The fraction of sp³-hybridized carbons (Fsp3) is 0.500.